The van der Waals surface area contributed by atoms with Gasteiger partial charge in [-0.1, -0.05) is 60.1 Å². The number of carbonyl (C=O) groups is 1. The number of hydrogen-bond donors (Lipinski definition) is 1. The van der Waals surface area contributed by atoms with Gasteiger partial charge >= 0.3 is 0 Å². The van der Waals surface area contributed by atoms with Crippen molar-refractivity contribution in [3.05, 3.63) is 96.0 Å². The lowest BCUT2D eigenvalue weighted by Crippen LogP contribution is -2.43. The Balaban J connectivity index is 1.33. The number of fused-ring (bicyclic) bond motifs is 1. The van der Waals surface area contributed by atoms with E-state index in [4.69, 9.17) is 16.3 Å². The third-order valence-corrected chi connectivity index (χ3v) is 8.38. The molecule has 1 saturated heterocycles. The average molecular weight is 521 g/mol. The third-order valence-electron chi connectivity index (χ3n) is 6.28. The van der Waals surface area contributed by atoms with Gasteiger partial charge in [0.25, 0.3) is 0 Å². The first-order valence-electron chi connectivity index (χ1n) is 11.7. The summed E-state index contributed by atoms with van der Waals surface area (Å²) in [5.41, 5.74) is 0.436. The quantitative estimate of drug-likeness (QED) is 0.322. The molecule has 0 aromatic heterocycles. The minimum absolute atomic E-state index is 0.108. The molecule has 1 heterocycles. The van der Waals surface area contributed by atoms with Crippen LogP contribution in [-0.2, 0) is 14.8 Å². The summed E-state index contributed by atoms with van der Waals surface area (Å²) in [7, 11) is -3.74. The molecule has 0 unspecified atom stereocenters. The Morgan fingerprint density at radius 2 is 1.67 bits per heavy atom. The van der Waals surface area contributed by atoms with Crippen LogP contribution in [0.2, 0.25) is 5.02 Å². The van der Waals surface area contributed by atoms with Crippen molar-refractivity contribution in [1.29, 1.82) is 0 Å². The van der Waals surface area contributed by atoms with Crippen LogP contribution in [-0.4, -0.2) is 31.7 Å². The number of carbonyl (C=O) groups excluding carboxylic acids is 1. The van der Waals surface area contributed by atoms with Crippen LogP contribution in [0.4, 0.5) is 5.69 Å². The standard InChI is InChI=1S/C28H25ClN2O4S/c29-23-13-15-27(35-24-10-2-1-3-11-24)26(18-23)30-28(32)22-9-6-16-31(19-22)36(33,34)25-14-12-20-7-4-5-8-21(20)17-25/h1-5,7-8,10-15,17-18,22H,6,9,16,19H2,(H,30,32)/t22-/m1/s1. The van der Waals surface area contributed by atoms with Gasteiger partial charge in [-0.2, -0.15) is 4.31 Å². The van der Waals surface area contributed by atoms with Gasteiger partial charge in [-0.05, 0) is 66.1 Å². The van der Waals surface area contributed by atoms with Gasteiger partial charge in [0.2, 0.25) is 15.9 Å². The molecule has 4 aromatic rings. The van der Waals surface area contributed by atoms with Crippen molar-refractivity contribution < 1.29 is 17.9 Å². The number of hydrogen-bond acceptors (Lipinski definition) is 4. The third kappa shape index (κ3) is 5.23. The number of benzene rings is 4. The number of halogens is 1. The van der Waals surface area contributed by atoms with Gasteiger partial charge in [-0.25, -0.2) is 8.42 Å². The molecule has 1 amide bonds. The molecule has 6 nitrogen and oxygen atoms in total. The molecule has 0 saturated carbocycles. The molecule has 1 N–H and O–H groups in total. The summed E-state index contributed by atoms with van der Waals surface area (Å²) in [4.78, 5) is 13.5. The van der Waals surface area contributed by atoms with E-state index in [1.807, 2.05) is 60.7 Å². The lowest BCUT2D eigenvalue weighted by atomic mass is 9.98. The minimum Gasteiger partial charge on any atom is -0.455 e. The number of piperidine rings is 1. The molecule has 1 fully saturated rings. The minimum atomic E-state index is -3.74. The van der Waals surface area contributed by atoms with Gasteiger partial charge in [0.1, 0.15) is 5.75 Å². The van der Waals surface area contributed by atoms with Gasteiger partial charge in [0.15, 0.2) is 5.75 Å². The van der Waals surface area contributed by atoms with Crippen molar-refractivity contribution in [3.63, 3.8) is 0 Å². The number of ether oxygens (including phenoxy) is 1. The average Bonchev–Trinajstić information content (AvgIpc) is 2.90. The zero-order chi connectivity index (χ0) is 25.1. The Kier molecular flexibility index (Phi) is 6.96. The molecule has 0 bridgehead atoms. The number of amides is 1. The molecule has 184 valence electrons. The second-order valence-electron chi connectivity index (χ2n) is 8.76. The SMILES string of the molecule is O=C(Nc1cc(Cl)ccc1Oc1ccccc1)[C@@H]1CCCN(S(=O)(=O)c2ccc3ccccc3c2)C1. The van der Waals surface area contributed by atoms with Crippen molar-refractivity contribution in [2.75, 3.05) is 18.4 Å². The maximum absolute atomic E-state index is 13.4. The summed E-state index contributed by atoms with van der Waals surface area (Å²) in [6.07, 6.45) is 1.18. The van der Waals surface area contributed by atoms with Crippen LogP contribution < -0.4 is 10.1 Å². The van der Waals surface area contributed by atoms with E-state index in [9.17, 15) is 13.2 Å². The number of sulfonamides is 1. The highest BCUT2D eigenvalue weighted by Gasteiger charge is 2.33. The maximum Gasteiger partial charge on any atom is 0.243 e. The Hall–Kier alpha value is -3.39. The molecule has 1 aliphatic rings. The first kappa shape index (κ1) is 24.3. The van der Waals surface area contributed by atoms with Gasteiger partial charge in [-0.3, -0.25) is 4.79 Å². The summed E-state index contributed by atoms with van der Waals surface area (Å²) < 4.78 is 34.2. The second kappa shape index (κ2) is 10.3. The smallest absolute Gasteiger partial charge is 0.243 e. The molecule has 8 heteroatoms. The highest BCUT2D eigenvalue weighted by Crippen LogP contribution is 2.33. The van der Waals surface area contributed by atoms with E-state index in [0.29, 0.717) is 41.6 Å². The van der Waals surface area contributed by atoms with Crippen LogP contribution in [0.25, 0.3) is 10.8 Å². The molecule has 0 aliphatic carbocycles. The summed E-state index contributed by atoms with van der Waals surface area (Å²) in [6, 6.07) is 27.0. The molecule has 1 aliphatic heterocycles. The molecule has 0 radical (unpaired) electrons. The lowest BCUT2D eigenvalue weighted by Gasteiger charge is -2.31. The molecule has 1 atom stereocenters. The van der Waals surface area contributed by atoms with E-state index < -0.39 is 15.9 Å². The Bertz CT molecular complexity index is 1510. The summed E-state index contributed by atoms with van der Waals surface area (Å²) in [5.74, 6) is 0.308. The molecular formula is C28H25ClN2O4S. The highest BCUT2D eigenvalue weighted by molar-refractivity contribution is 7.89. The lowest BCUT2D eigenvalue weighted by molar-refractivity contribution is -0.120. The van der Waals surface area contributed by atoms with Crippen LogP contribution >= 0.6 is 11.6 Å². The summed E-state index contributed by atoms with van der Waals surface area (Å²) >= 11 is 6.19. The van der Waals surface area contributed by atoms with Crippen molar-refractivity contribution in [1.82, 2.24) is 4.31 Å². The fourth-order valence-corrected chi connectivity index (χ4v) is 6.12. The van der Waals surface area contributed by atoms with Crippen LogP contribution in [0.5, 0.6) is 11.5 Å². The Morgan fingerprint density at radius 1 is 0.917 bits per heavy atom. The number of anilines is 1. The Labute approximate surface area is 215 Å². The molecule has 0 spiro atoms. The maximum atomic E-state index is 13.4. The Morgan fingerprint density at radius 3 is 2.47 bits per heavy atom. The van der Waals surface area contributed by atoms with Gasteiger partial charge < -0.3 is 10.1 Å². The normalized spacial score (nSPS) is 16.5. The zero-order valence-corrected chi connectivity index (χ0v) is 21.0. The first-order chi connectivity index (χ1) is 17.4. The number of nitrogens with zero attached hydrogens (tertiary/aromatic N) is 1. The van der Waals surface area contributed by atoms with E-state index in [1.165, 1.54) is 4.31 Å². The summed E-state index contributed by atoms with van der Waals surface area (Å²) in [6.45, 7) is 0.481. The number of para-hydroxylation sites is 1. The van der Waals surface area contributed by atoms with Gasteiger partial charge in [0.05, 0.1) is 16.5 Å². The van der Waals surface area contributed by atoms with E-state index >= 15 is 0 Å². The molecular weight excluding hydrogens is 496 g/mol. The zero-order valence-electron chi connectivity index (χ0n) is 19.4. The van der Waals surface area contributed by atoms with Crippen molar-refractivity contribution in [2.45, 2.75) is 17.7 Å². The largest absolute Gasteiger partial charge is 0.455 e. The van der Waals surface area contributed by atoms with Gasteiger partial charge in [-0.15, -0.1) is 0 Å². The highest BCUT2D eigenvalue weighted by atomic mass is 35.5. The fourth-order valence-electron chi connectivity index (χ4n) is 4.39. The predicted octanol–water partition coefficient (Wildman–Crippen LogP) is 6.32. The first-order valence-corrected chi connectivity index (χ1v) is 13.5. The van der Waals surface area contributed by atoms with Crippen LogP contribution in [0, 0.1) is 5.92 Å². The predicted molar refractivity (Wildman–Crippen MR) is 142 cm³/mol. The van der Waals surface area contributed by atoms with Crippen molar-refractivity contribution >= 4 is 44.0 Å². The molecule has 4 aromatic carbocycles. The topological polar surface area (TPSA) is 75.7 Å². The van der Waals surface area contributed by atoms with E-state index in [2.05, 4.69) is 5.32 Å². The fraction of sp³-hybridized carbons (Fsp3) is 0.179. The number of rotatable bonds is 6. The van der Waals surface area contributed by atoms with E-state index in [1.54, 1.807) is 30.3 Å². The summed E-state index contributed by atoms with van der Waals surface area (Å²) in [5, 5.41) is 5.19. The second-order valence-corrected chi connectivity index (χ2v) is 11.1. The van der Waals surface area contributed by atoms with E-state index in [0.717, 1.165) is 10.8 Å². The van der Waals surface area contributed by atoms with Crippen LogP contribution in [0.1, 0.15) is 12.8 Å². The van der Waals surface area contributed by atoms with E-state index in [-0.39, 0.29) is 17.3 Å². The van der Waals surface area contributed by atoms with Gasteiger partial charge in [0, 0.05) is 18.1 Å². The molecule has 5 rings (SSSR count). The van der Waals surface area contributed by atoms with Crippen molar-refractivity contribution in [3.8, 4) is 11.5 Å². The monoisotopic (exact) mass is 520 g/mol. The number of nitrogens with one attached hydrogen (secondary N) is 1. The van der Waals surface area contributed by atoms with Crippen LogP contribution in [0.15, 0.2) is 95.9 Å². The van der Waals surface area contributed by atoms with Crippen molar-refractivity contribution in [2.24, 2.45) is 5.92 Å². The van der Waals surface area contributed by atoms with Crippen LogP contribution in [0.3, 0.4) is 0 Å². The molecule has 36 heavy (non-hydrogen) atoms.